The number of aromatic amines is 1. The molecule has 0 bridgehead atoms. The van der Waals surface area contributed by atoms with Crippen molar-refractivity contribution in [2.75, 3.05) is 26.2 Å². The van der Waals surface area contributed by atoms with Gasteiger partial charge in [0.15, 0.2) is 0 Å². The molecule has 0 spiro atoms. The summed E-state index contributed by atoms with van der Waals surface area (Å²) in [5.74, 6) is -0.676. The average molecular weight is 457 g/mol. The van der Waals surface area contributed by atoms with Gasteiger partial charge in [0.25, 0.3) is 11.8 Å². The van der Waals surface area contributed by atoms with Gasteiger partial charge in [-0.15, -0.1) is 0 Å². The fourth-order valence-electron chi connectivity index (χ4n) is 3.26. The standard InChI is InChI=1S/C21H18BrFN4O2/c22-16-5-1-14(2-6-16)18-13-19(25-24-18)21(29)27-11-9-26(10-12-27)20(28)15-3-7-17(23)8-4-15/h1-8,13H,9-12H2,(H,24,25). The van der Waals surface area contributed by atoms with E-state index in [2.05, 4.69) is 26.1 Å². The zero-order valence-electron chi connectivity index (χ0n) is 15.4. The zero-order chi connectivity index (χ0) is 20.4. The fourth-order valence-corrected chi connectivity index (χ4v) is 3.52. The van der Waals surface area contributed by atoms with Gasteiger partial charge in [0, 0.05) is 41.8 Å². The van der Waals surface area contributed by atoms with Crippen molar-refractivity contribution in [1.29, 1.82) is 0 Å². The molecule has 2 amide bonds. The molecule has 2 aromatic carbocycles. The van der Waals surface area contributed by atoms with Gasteiger partial charge in [0.1, 0.15) is 11.5 Å². The van der Waals surface area contributed by atoms with E-state index in [1.807, 2.05) is 24.3 Å². The van der Waals surface area contributed by atoms with Crippen LogP contribution in [0.25, 0.3) is 11.3 Å². The third-order valence-electron chi connectivity index (χ3n) is 4.89. The van der Waals surface area contributed by atoms with Gasteiger partial charge < -0.3 is 9.80 Å². The number of nitrogens with one attached hydrogen (secondary N) is 1. The number of benzene rings is 2. The third-order valence-corrected chi connectivity index (χ3v) is 5.42. The molecule has 29 heavy (non-hydrogen) atoms. The smallest absolute Gasteiger partial charge is 0.272 e. The van der Waals surface area contributed by atoms with E-state index in [9.17, 15) is 14.0 Å². The zero-order valence-corrected chi connectivity index (χ0v) is 17.0. The van der Waals surface area contributed by atoms with E-state index in [1.165, 1.54) is 24.3 Å². The summed E-state index contributed by atoms with van der Waals surface area (Å²) in [5, 5.41) is 7.05. The molecule has 0 atom stereocenters. The molecule has 0 saturated carbocycles. The molecule has 8 heteroatoms. The highest BCUT2D eigenvalue weighted by Gasteiger charge is 2.26. The minimum atomic E-state index is -0.376. The van der Waals surface area contributed by atoms with Gasteiger partial charge >= 0.3 is 0 Å². The number of nitrogens with zero attached hydrogens (tertiary/aromatic N) is 3. The topological polar surface area (TPSA) is 69.3 Å². The highest BCUT2D eigenvalue weighted by molar-refractivity contribution is 9.10. The normalized spacial score (nSPS) is 14.1. The van der Waals surface area contributed by atoms with Crippen LogP contribution in [0, 0.1) is 5.82 Å². The molecule has 1 fully saturated rings. The third kappa shape index (κ3) is 4.22. The van der Waals surface area contributed by atoms with E-state index in [-0.39, 0.29) is 17.6 Å². The first-order chi connectivity index (χ1) is 14.0. The predicted molar refractivity (Wildman–Crippen MR) is 110 cm³/mol. The Hall–Kier alpha value is -3.00. The Labute approximate surface area is 175 Å². The van der Waals surface area contributed by atoms with Crippen LogP contribution in [0.4, 0.5) is 4.39 Å². The second kappa shape index (κ2) is 8.16. The monoisotopic (exact) mass is 456 g/mol. The lowest BCUT2D eigenvalue weighted by Crippen LogP contribution is -2.50. The number of hydrogen-bond donors (Lipinski definition) is 1. The summed E-state index contributed by atoms with van der Waals surface area (Å²) in [4.78, 5) is 28.7. The Bertz CT molecular complexity index is 1030. The number of halogens is 2. The number of piperazine rings is 1. The molecule has 3 aromatic rings. The summed E-state index contributed by atoms with van der Waals surface area (Å²) in [6, 6.07) is 14.9. The van der Waals surface area contributed by atoms with Crippen molar-refractivity contribution in [1.82, 2.24) is 20.0 Å². The van der Waals surface area contributed by atoms with Crippen LogP contribution in [-0.2, 0) is 0 Å². The van der Waals surface area contributed by atoms with Crippen molar-refractivity contribution in [2.45, 2.75) is 0 Å². The summed E-state index contributed by atoms with van der Waals surface area (Å²) in [5.41, 5.74) is 2.48. The first-order valence-corrected chi connectivity index (χ1v) is 9.96. The minimum absolute atomic E-state index is 0.144. The molecule has 1 N–H and O–H groups in total. The van der Waals surface area contributed by atoms with Crippen LogP contribution >= 0.6 is 15.9 Å². The van der Waals surface area contributed by atoms with E-state index in [0.29, 0.717) is 43.1 Å². The van der Waals surface area contributed by atoms with Gasteiger partial charge in [0.2, 0.25) is 0 Å². The van der Waals surface area contributed by atoms with Gasteiger partial charge in [-0.3, -0.25) is 14.7 Å². The number of amides is 2. The number of rotatable bonds is 3. The lowest BCUT2D eigenvalue weighted by atomic mass is 10.1. The molecule has 0 aliphatic carbocycles. The average Bonchev–Trinajstić information content (AvgIpc) is 3.24. The lowest BCUT2D eigenvalue weighted by Gasteiger charge is -2.34. The first kappa shape index (κ1) is 19.3. The van der Waals surface area contributed by atoms with Crippen LogP contribution in [-0.4, -0.2) is 58.0 Å². The highest BCUT2D eigenvalue weighted by atomic mass is 79.9. The molecule has 1 saturated heterocycles. The minimum Gasteiger partial charge on any atom is -0.335 e. The molecule has 4 rings (SSSR count). The van der Waals surface area contributed by atoms with Crippen LogP contribution in [0.5, 0.6) is 0 Å². The molecule has 148 valence electrons. The molecule has 1 aliphatic heterocycles. The van der Waals surface area contributed by atoms with Crippen molar-refractivity contribution in [3.05, 3.63) is 76.1 Å². The molecule has 0 radical (unpaired) electrons. The molecule has 1 aromatic heterocycles. The van der Waals surface area contributed by atoms with E-state index in [0.717, 1.165) is 10.0 Å². The fraction of sp³-hybridized carbons (Fsp3) is 0.190. The highest BCUT2D eigenvalue weighted by Crippen LogP contribution is 2.21. The Kier molecular flexibility index (Phi) is 5.44. The number of aromatic nitrogens is 2. The Morgan fingerprint density at radius 2 is 1.48 bits per heavy atom. The molecule has 6 nitrogen and oxygen atoms in total. The van der Waals surface area contributed by atoms with Crippen molar-refractivity contribution in [3.63, 3.8) is 0 Å². The van der Waals surface area contributed by atoms with Crippen molar-refractivity contribution >= 4 is 27.7 Å². The second-order valence-electron chi connectivity index (χ2n) is 6.77. The summed E-state index contributed by atoms with van der Waals surface area (Å²) >= 11 is 3.40. The van der Waals surface area contributed by atoms with Gasteiger partial charge in [0.05, 0.1) is 5.69 Å². The maximum atomic E-state index is 13.0. The molecule has 2 heterocycles. The summed E-state index contributed by atoms with van der Waals surface area (Å²) in [6.07, 6.45) is 0. The van der Waals surface area contributed by atoms with Crippen LogP contribution in [0.15, 0.2) is 59.1 Å². The molecule has 1 aliphatic rings. The summed E-state index contributed by atoms with van der Waals surface area (Å²) in [6.45, 7) is 1.71. The van der Waals surface area contributed by atoms with E-state index in [1.54, 1.807) is 15.9 Å². The van der Waals surface area contributed by atoms with Gasteiger partial charge in [-0.1, -0.05) is 28.1 Å². The number of H-pyrrole nitrogens is 1. The van der Waals surface area contributed by atoms with Gasteiger partial charge in [-0.2, -0.15) is 5.10 Å². The van der Waals surface area contributed by atoms with Crippen LogP contribution < -0.4 is 0 Å². The quantitative estimate of drug-likeness (QED) is 0.654. The van der Waals surface area contributed by atoms with Crippen LogP contribution in [0.2, 0.25) is 0 Å². The first-order valence-electron chi connectivity index (χ1n) is 9.17. The van der Waals surface area contributed by atoms with E-state index in [4.69, 9.17) is 0 Å². The van der Waals surface area contributed by atoms with E-state index >= 15 is 0 Å². The second-order valence-corrected chi connectivity index (χ2v) is 7.68. The lowest BCUT2D eigenvalue weighted by molar-refractivity contribution is 0.0532. The Balaban J connectivity index is 1.38. The summed E-state index contributed by atoms with van der Waals surface area (Å²) in [7, 11) is 0. The van der Waals surface area contributed by atoms with E-state index < -0.39 is 0 Å². The molecular weight excluding hydrogens is 439 g/mol. The Morgan fingerprint density at radius 1 is 0.897 bits per heavy atom. The van der Waals surface area contributed by atoms with Crippen molar-refractivity contribution in [2.24, 2.45) is 0 Å². The number of carbonyl (C=O) groups excluding carboxylic acids is 2. The molecular formula is C21H18BrFN4O2. The van der Waals surface area contributed by atoms with Gasteiger partial charge in [-0.05, 0) is 42.5 Å². The van der Waals surface area contributed by atoms with Crippen molar-refractivity contribution in [3.8, 4) is 11.3 Å². The van der Waals surface area contributed by atoms with Crippen molar-refractivity contribution < 1.29 is 14.0 Å². The van der Waals surface area contributed by atoms with Crippen LogP contribution in [0.3, 0.4) is 0 Å². The maximum Gasteiger partial charge on any atom is 0.272 e. The predicted octanol–water partition coefficient (Wildman–Crippen LogP) is 3.58. The van der Waals surface area contributed by atoms with Crippen LogP contribution in [0.1, 0.15) is 20.8 Å². The number of carbonyl (C=O) groups is 2. The van der Waals surface area contributed by atoms with Gasteiger partial charge in [-0.25, -0.2) is 4.39 Å². The summed E-state index contributed by atoms with van der Waals surface area (Å²) < 4.78 is 14.0. The maximum absolute atomic E-state index is 13.0. The molecule has 0 unspecified atom stereocenters. The number of hydrogen-bond acceptors (Lipinski definition) is 3. The largest absolute Gasteiger partial charge is 0.335 e. The SMILES string of the molecule is O=C(c1ccc(F)cc1)N1CCN(C(=O)c2cc(-c3ccc(Br)cc3)n[nH]2)CC1. The Morgan fingerprint density at radius 3 is 2.10 bits per heavy atom.